The van der Waals surface area contributed by atoms with Crippen molar-refractivity contribution in [3.05, 3.63) is 83.4 Å². The molecule has 4 saturated carbocycles. The van der Waals surface area contributed by atoms with Crippen molar-refractivity contribution in [2.75, 3.05) is 6.26 Å². The van der Waals surface area contributed by atoms with Gasteiger partial charge in [-0.1, -0.05) is 47.2 Å². The van der Waals surface area contributed by atoms with Crippen molar-refractivity contribution in [3.63, 3.8) is 0 Å². The first kappa shape index (κ1) is 31.6. The lowest BCUT2D eigenvalue weighted by molar-refractivity contribution is -0.142. The van der Waals surface area contributed by atoms with Gasteiger partial charge in [-0.2, -0.15) is 0 Å². The highest BCUT2D eigenvalue weighted by atomic mass is 32.2. The summed E-state index contributed by atoms with van der Waals surface area (Å²) >= 11 is 1.09. The zero-order valence-electron chi connectivity index (χ0n) is 27.0. The Morgan fingerprint density at radius 1 is 0.830 bits per heavy atom. The number of fused-ring (bicyclic) bond motifs is 3. The number of aryl methyl sites for hydroxylation is 1. The molecule has 8 heteroatoms. The molecule has 0 atom stereocenters. The molecule has 8 rings (SSSR count). The number of hydrogen-bond acceptors (Lipinski definition) is 7. The summed E-state index contributed by atoms with van der Waals surface area (Å²) in [6, 6.07) is 20.8. The van der Waals surface area contributed by atoms with E-state index in [2.05, 4.69) is 22.7 Å². The number of oxime groups is 1. The first-order valence-electron chi connectivity index (χ1n) is 16.8. The number of carbonyl (C=O) groups is 4. The zero-order chi connectivity index (χ0) is 32.7. The van der Waals surface area contributed by atoms with Gasteiger partial charge in [0.05, 0.1) is 6.42 Å². The Morgan fingerprint density at radius 2 is 1.43 bits per heavy atom. The van der Waals surface area contributed by atoms with Crippen molar-refractivity contribution < 1.29 is 24.0 Å². The number of aromatic nitrogens is 1. The van der Waals surface area contributed by atoms with Crippen LogP contribution < -0.4 is 0 Å². The van der Waals surface area contributed by atoms with Crippen molar-refractivity contribution in [1.82, 2.24) is 4.57 Å². The van der Waals surface area contributed by atoms with Crippen LogP contribution in [0.5, 0.6) is 0 Å². The van der Waals surface area contributed by atoms with Gasteiger partial charge in [0.15, 0.2) is 10.9 Å². The molecule has 0 saturated heterocycles. The Bertz CT molecular complexity index is 1890. The first-order chi connectivity index (χ1) is 22.8. The SMILES string of the molecule is CCn1c2ccc(C(=O)C(CCC(=O)SC)=NOC(=O)Cc3ccccc3)cc2c2cc(C(=O)C34CC5CC(CC(C5)C3)C4)ccc21. The molecule has 7 nitrogen and oxygen atoms in total. The maximum atomic E-state index is 14.3. The lowest BCUT2D eigenvalue weighted by Gasteiger charge is -2.56. The van der Waals surface area contributed by atoms with Crippen molar-refractivity contribution >= 4 is 61.9 Å². The van der Waals surface area contributed by atoms with Gasteiger partial charge in [-0.05, 0) is 111 Å². The summed E-state index contributed by atoms with van der Waals surface area (Å²) in [4.78, 5) is 58.1. The minimum atomic E-state index is -0.588. The smallest absolute Gasteiger partial charge is 0.339 e. The molecule has 47 heavy (non-hydrogen) atoms. The minimum Gasteiger partial charge on any atom is -0.341 e. The fourth-order valence-corrected chi connectivity index (χ4v) is 9.32. The average molecular weight is 649 g/mol. The molecule has 0 aliphatic heterocycles. The molecular formula is C39H40N2O5S. The first-order valence-corrected chi connectivity index (χ1v) is 18.0. The van der Waals surface area contributed by atoms with Crippen LogP contribution in [-0.2, 0) is 27.4 Å². The molecule has 0 spiro atoms. The summed E-state index contributed by atoms with van der Waals surface area (Å²) in [5.41, 5.74) is 3.70. The van der Waals surface area contributed by atoms with Crippen LogP contribution in [0.3, 0.4) is 0 Å². The summed E-state index contributed by atoms with van der Waals surface area (Å²) in [6.45, 7) is 2.82. The summed E-state index contributed by atoms with van der Waals surface area (Å²) in [5.74, 6) is 1.35. The van der Waals surface area contributed by atoms with Crippen LogP contribution in [0.1, 0.15) is 84.6 Å². The molecule has 4 fully saturated rings. The molecule has 4 aliphatic rings. The number of Topliss-reactive ketones (excluding diaryl/α,β-unsaturated/α-hetero) is 2. The van der Waals surface area contributed by atoms with Crippen LogP contribution in [0, 0.1) is 23.2 Å². The predicted molar refractivity (Wildman–Crippen MR) is 186 cm³/mol. The highest BCUT2D eigenvalue weighted by molar-refractivity contribution is 8.13. The lowest BCUT2D eigenvalue weighted by atomic mass is 9.48. The third-order valence-electron chi connectivity index (χ3n) is 10.7. The average Bonchev–Trinajstić information content (AvgIpc) is 3.39. The molecule has 242 valence electrons. The third kappa shape index (κ3) is 6.08. The van der Waals surface area contributed by atoms with Gasteiger partial charge in [0.2, 0.25) is 5.78 Å². The predicted octanol–water partition coefficient (Wildman–Crippen LogP) is 8.21. The van der Waals surface area contributed by atoms with Gasteiger partial charge in [0.1, 0.15) is 5.71 Å². The highest BCUT2D eigenvalue weighted by Crippen LogP contribution is 2.61. The molecule has 1 aromatic heterocycles. The zero-order valence-corrected chi connectivity index (χ0v) is 27.8. The van der Waals surface area contributed by atoms with Gasteiger partial charge in [-0.3, -0.25) is 14.4 Å². The Balaban J connectivity index is 1.21. The maximum Gasteiger partial charge on any atom is 0.339 e. The molecule has 4 aliphatic carbocycles. The molecule has 3 aromatic carbocycles. The molecule has 4 bridgehead atoms. The Labute approximate surface area is 279 Å². The fraction of sp³-hybridized carbons (Fsp3) is 0.410. The lowest BCUT2D eigenvalue weighted by Crippen LogP contribution is -2.50. The number of ketones is 2. The Morgan fingerprint density at radius 3 is 2.02 bits per heavy atom. The van der Waals surface area contributed by atoms with E-state index in [1.165, 1.54) is 19.3 Å². The number of hydrogen-bond donors (Lipinski definition) is 0. The van der Waals surface area contributed by atoms with Gasteiger partial charge in [0.25, 0.3) is 0 Å². The van der Waals surface area contributed by atoms with Gasteiger partial charge < -0.3 is 9.40 Å². The second-order valence-corrected chi connectivity index (χ2v) is 14.7. The molecular weight excluding hydrogens is 609 g/mol. The number of rotatable bonds is 11. The van der Waals surface area contributed by atoms with Gasteiger partial charge in [0, 0.05) is 57.7 Å². The van der Waals surface area contributed by atoms with E-state index in [4.69, 9.17) is 4.84 Å². The molecule has 0 unspecified atom stereocenters. The quantitative estimate of drug-likeness (QED) is 0.0704. The van der Waals surface area contributed by atoms with E-state index in [1.807, 2.05) is 54.6 Å². The van der Waals surface area contributed by atoms with E-state index in [-0.39, 0.29) is 41.3 Å². The van der Waals surface area contributed by atoms with Crippen LogP contribution in [0.15, 0.2) is 71.9 Å². The van der Waals surface area contributed by atoms with Gasteiger partial charge in [-0.25, -0.2) is 4.79 Å². The van der Waals surface area contributed by atoms with Crippen molar-refractivity contribution in [3.8, 4) is 0 Å². The van der Waals surface area contributed by atoms with E-state index in [0.29, 0.717) is 23.3 Å². The summed E-state index contributed by atoms with van der Waals surface area (Å²) in [7, 11) is 0. The standard InChI is InChI=1S/C39H40N2O5S/c1-3-41-33-12-9-28(37(44)32(11-14-36(43)47-2)40-46-35(42)18-24-7-5-4-6-8-24)19-30(33)31-20-29(10-13-34(31)41)38(45)39-21-25-15-26(22-39)17-27(16-25)23-39/h4-10,12-13,19-20,25-27H,3,11,14-18,21-23H2,1-2H3. The van der Waals surface area contributed by atoms with Crippen LogP contribution >= 0.6 is 11.8 Å². The van der Waals surface area contributed by atoms with Crippen molar-refractivity contribution in [1.29, 1.82) is 0 Å². The van der Waals surface area contributed by atoms with Crippen LogP contribution in [0.2, 0.25) is 0 Å². The summed E-state index contributed by atoms with van der Waals surface area (Å²) in [5, 5.41) is 5.74. The largest absolute Gasteiger partial charge is 0.341 e. The Kier molecular flexibility index (Phi) is 8.64. The molecule has 0 N–H and O–H groups in total. The summed E-state index contributed by atoms with van der Waals surface area (Å²) in [6.07, 6.45) is 8.76. The monoisotopic (exact) mass is 648 g/mol. The van der Waals surface area contributed by atoms with Crippen LogP contribution in [0.25, 0.3) is 21.8 Å². The number of nitrogens with zero attached hydrogens (tertiary/aromatic N) is 2. The third-order valence-corrected chi connectivity index (χ3v) is 11.4. The highest BCUT2D eigenvalue weighted by Gasteiger charge is 2.54. The molecule has 4 aromatic rings. The molecule has 0 radical (unpaired) electrons. The minimum absolute atomic E-state index is 0.0162. The van der Waals surface area contributed by atoms with E-state index >= 15 is 0 Å². The Hall–Kier alpha value is -4.04. The van der Waals surface area contributed by atoms with E-state index in [0.717, 1.165) is 70.5 Å². The van der Waals surface area contributed by atoms with Crippen LogP contribution in [-0.4, -0.2) is 39.2 Å². The fourth-order valence-electron chi connectivity index (χ4n) is 9.01. The summed E-state index contributed by atoms with van der Waals surface area (Å²) < 4.78 is 2.20. The topological polar surface area (TPSA) is 94.8 Å². The van der Waals surface area contributed by atoms with E-state index in [1.54, 1.807) is 12.3 Å². The maximum absolute atomic E-state index is 14.3. The van der Waals surface area contributed by atoms with Crippen molar-refractivity contribution in [2.24, 2.45) is 28.3 Å². The molecule has 0 amide bonds. The number of thioether (sulfide) groups is 1. The number of carbonyl (C=O) groups excluding carboxylic acids is 4. The van der Waals surface area contributed by atoms with Crippen LogP contribution in [0.4, 0.5) is 0 Å². The number of benzene rings is 3. The second-order valence-electron chi connectivity index (χ2n) is 13.8. The van der Waals surface area contributed by atoms with Gasteiger partial charge in [-0.15, -0.1) is 0 Å². The molecule has 1 heterocycles. The second kappa shape index (κ2) is 12.9. The van der Waals surface area contributed by atoms with Gasteiger partial charge >= 0.3 is 5.97 Å². The van der Waals surface area contributed by atoms with E-state index in [9.17, 15) is 19.2 Å². The normalized spacial score (nSPS) is 23.4. The van der Waals surface area contributed by atoms with E-state index < -0.39 is 11.8 Å². The van der Waals surface area contributed by atoms with Crippen molar-refractivity contribution in [2.45, 2.75) is 71.3 Å².